The minimum absolute atomic E-state index is 0.125. The highest BCUT2D eigenvalue weighted by Gasteiger charge is 2.25. The van der Waals surface area contributed by atoms with Crippen LogP contribution in [0.4, 0.5) is 5.00 Å². The van der Waals surface area contributed by atoms with Crippen LogP contribution >= 0.6 is 11.3 Å². The van der Waals surface area contributed by atoms with Gasteiger partial charge in [-0.2, -0.15) is 0 Å². The number of hydrogen-bond donors (Lipinski definition) is 1. The van der Waals surface area contributed by atoms with Crippen LogP contribution in [-0.4, -0.2) is 48.8 Å². The summed E-state index contributed by atoms with van der Waals surface area (Å²) in [5, 5.41) is 3.20. The maximum absolute atomic E-state index is 12.3. The van der Waals surface area contributed by atoms with Crippen molar-refractivity contribution >= 4 is 34.0 Å². The summed E-state index contributed by atoms with van der Waals surface area (Å²) in [6.45, 7) is 7.26. The topological polar surface area (TPSA) is 75.7 Å². The van der Waals surface area contributed by atoms with E-state index >= 15 is 0 Å². The van der Waals surface area contributed by atoms with Crippen LogP contribution in [0.1, 0.15) is 58.7 Å². The van der Waals surface area contributed by atoms with Crippen molar-refractivity contribution in [3.05, 3.63) is 16.0 Å². The monoisotopic (exact) mass is 352 g/mol. The lowest BCUT2D eigenvalue weighted by molar-refractivity contribution is -0.117. The van der Waals surface area contributed by atoms with Gasteiger partial charge in [-0.05, 0) is 52.3 Å². The van der Waals surface area contributed by atoms with Crippen molar-refractivity contribution in [2.45, 2.75) is 40.0 Å². The number of likely N-dealkylation sites (tertiary alicyclic amines) is 1. The Hall–Kier alpha value is -1.73. The standard InChI is InChI=1S/C17H24N2O4S/c1-4-23-17(22)14-11(2)15(12(3)20)24-16(14)18-13(21)10-19-8-6-5-7-9-19/h4-10H2,1-3H3,(H,18,21). The molecule has 1 saturated heterocycles. The first-order valence-corrected chi connectivity index (χ1v) is 9.09. The number of esters is 1. The van der Waals surface area contributed by atoms with Crippen LogP contribution in [0.2, 0.25) is 0 Å². The molecule has 0 unspecified atom stereocenters. The summed E-state index contributed by atoms with van der Waals surface area (Å²) in [7, 11) is 0. The molecule has 0 bridgehead atoms. The number of ether oxygens (including phenoxy) is 1. The highest BCUT2D eigenvalue weighted by Crippen LogP contribution is 2.34. The summed E-state index contributed by atoms with van der Waals surface area (Å²) in [5.74, 6) is -0.801. The van der Waals surface area contributed by atoms with E-state index in [0.717, 1.165) is 37.3 Å². The zero-order valence-corrected chi connectivity index (χ0v) is 15.3. The fourth-order valence-corrected chi connectivity index (χ4v) is 3.98. The molecular formula is C17H24N2O4S. The largest absolute Gasteiger partial charge is 0.462 e. The number of nitrogens with one attached hydrogen (secondary N) is 1. The third-order valence-corrected chi connectivity index (χ3v) is 5.32. The summed E-state index contributed by atoms with van der Waals surface area (Å²) >= 11 is 1.14. The van der Waals surface area contributed by atoms with Gasteiger partial charge in [0.15, 0.2) is 5.78 Å². The summed E-state index contributed by atoms with van der Waals surface area (Å²) in [6, 6.07) is 0. The molecule has 0 saturated carbocycles. The molecule has 1 aromatic rings. The van der Waals surface area contributed by atoms with Crippen molar-refractivity contribution in [3.63, 3.8) is 0 Å². The third-order valence-electron chi connectivity index (χ3n) is 4.01. The van der Waals surface area contributed by atoms with Gasteiger partial charge >= 0.3 is 5.97 Å². The van der Waals surface area contributed by atoms with E-state index in [1.807, 2.05) is 0 Å². The Kier molecular flexibility index (Phi) is 6.51. The van der Waals surface area contributed by atoms with E-state index in [-0.39, 0.29) is 18.3 Å². The van der Waals surface area contributed by atoms with Crippen LogP contribution in [0.3, 0.4) is 0 Å². The molecule has 1 fully saturated rings. The number of amides is 1. The summed E-state index contributed by atoms with van der Waals surface area (Å²) in [4.78, 5) is 38.9. The van der Waals surface area contributed by atoms with Crippen LogP contribution in [0, 0.1) is 6.92 Å². The van der Waals surface area contributed by atoms with Gasteiger partial charge in [0.05, 0.1) is 23.6 Å². The second-order valence-corrected chi connectivity index (χ2v) is 6.94. The van der Waals surface area contributed by atoms with Gasteiger partial charge in [0.25, 0.3) is 0 Å². The normalized spacial score (nSPS) is 15.1. The van der Waals surface area contributed by atoms with Gasteiger partial charge < -0.3 is 10.1 Å². The van der Waals surface area contributed by atoms with Crippen molar-refractivity contribution in [2.75, 3.05) is 31.6 Å². The Morgan fingerprint density at radius 1 is 1.21 bits per heavy atom. The molecular weight excluding hydrogens is 328 g/mol. The van der Waals surface area contributed by atoms with Gasteiger partial charge in [-0.15, -0.1) is 11.3 Å². The van der Waals surface area contributed by atoms with Gasteiger partial charge in [-0.3, -0.25) is 14.5 Å². The number of Topliss-reactive ketones (excluding diaryl/α,β-unsaturated/α-hetero) is 1. The lowest BCUT2D eigenvalue weighted by Gasteiger charge is -2.25. The Bertz CT molecular complexity index is 633. The Labute approximate surface area is 146 Å². The molecule has 0 atom stereocenters. The molecule has 1 N–H and O–H groups in total. The molecule has 24 heavy (non-hydrogen) atoms. The van der Waals surface area contributed by atoms with Crippen LogP contribution in [0.25, 0.3) is 0 Å². The molecule has 0 aliphatic carbocycles. The Balaban J connectivity index is 2.18. The number of piperidine rings is 1. The molecule has 1 aliphatic heterocycles. The molecule has 0 aromatic carbocycles. The number of ketones is 1. The lowest BCUT2D eigenvalue weighted by Crippen LogP contribution is -2.36. The quantitative estimate of drug-likeness (QED) is 0.629. The maximum atomic E-state index is 12.3. The van der Waals surface area contributed by atoms with Crippen LogP contribution in [0.15, 0.2) is 0 Å². The van der Waals surface area contributed by atoms with Crippen molar-refractivity contribution in [2.24, 2.45) is 0 Å². The molecule has 1 aliphatic rings. The van der Waals surface area contributed by atoms with E-state index in [2.05, 4.69) is 10.2 Å². The number of nitrogens with zero attached hydrogens (tertiary/aromatic N) is 1. The molecule has 1 amide bonds. The van der Waals surface area contributed by atoms with E-state index in [1.54, 1.807) is 13.8 Å². The summed E-state index contributed by atoms with van der Waals surface area (Å²) < 4.78 is 5.07. The van der Waals surface area contributed by atoms with Gasteiger partial charge in [-0.1, -0.05) is 6.42 Å². The first-order chi connectivity index (χ1) is 11.4. The molecule has 132 valence electrons. The van der Waals surface area contributed by atoms with Crippen molar-refractivity contribution < 1.29 is 19.1 Å². The highest BCUT2D eigenvalue weighted by atomic mass is 32.1. The average Bonchev–Trinajstić information content (AvgIpc) is 2.85. The molecule has 2 heterocycles. The number of carbonyl (C=O) groups is 3. The average molecular weight is 352 g/mol. The minimum Gasteiger partial charge on any atom is -0.462 e. The Morgan fingerprint density at radius 2 is 1.88 bits per heavy atom. The SMILES string of the molecule is CCOC(=O)c1c(NC(=O)CN2CCCCC2)sc(C(C)=O)c1C. The second-order valence-electron chi connectivity index (χ2n) is 5.92. The molecule has 6 nitrogen and oxygen atoms in total. The highest BCUT2D eigenvalue weighted by molar-refractivity contribution is 7.18. The number of carbonyl (C=O) groups excluding carboxylic acids is 3. The molecule has 1 aromatic heterocycles. The van der Waals surface area contributed by atoms with Gasteiger partial charge in [-0.25, -0.2) is 4.79 Å². The van der Waals surface area contributed by atoms with E-state index < -0.39 is 5.97 Å². The maximum Gasteiger partial charge on any atom is 0.341 e. The predicted molar refractivity (Wildman–Crippen MR) is 93.9 cm³/mol. The van der Waals surface area contributed by atoms with Gasteiger partial charge in [0, 0.05) is 0 Å². The van der Waals surface area contributed by atoms with Gasteiger partial charge in [0.2, 0.25) is 5.91 Å². The molecule has 0 radical (unpaired) electrons. The second kappa shape index (κ2) is 8.39. The number of hydrogen-bond acceptors (Lipinski definition) is 6. The third kappa shape index (κ3) is 4.42. The molecule has 7 heteroatoms. The number of thiophene rings is 1. The van der Waals surface area contributed by atoms with E-state index in [4.69, 9.17) is 4.74 Å². The fraction of sp³-hybridized carbons (Fsp3) is 0.588. The van der Waals surface area contributed by atoms with Crippen LogP contribution in [-0.2, 0) is 9.53 Å². The van der Waals surface area contributed by atoms with Crippen LogP contribution in [0.5, 0.6) is 0 Å². The Morgan fingerprint density at radius 3 is 2.46 bits per heavy atom. The zero-order chi connectivity index (χ0) is 17.7. The van der Waals surface area contributed by atoms with Crippen molar-refractivity contribution in [1.82, 2.24) is 4.90 Å². The number of rotatable bonds is 6. The van der Waals surface area contributed by atoms with E-state index in [9.17, 15) is 14.4 Å². The van der Waals surface area contributed by atoms with E-state index in [1.165, 1.54) is 13.3 Å². The van der Waals surface area contributed by atoms with E-state index in [0.29, 0.717) is 27.5 Å². The molecule has 0 spiro atoms. The van der Waals surface area contributed by atoms with Crippen molar-refractivity contribution in [3.8, 4) is 0 Å². The minimum atomic E-state index is -0.507. The van der Waals surface area contributed by atoms with Crippen molar-refractivity contribution in [1.29, 1.82) is 0 Å². The predicted octanol–water partition coefficient (Wildman–Crippen LogP) is 2.86. The zero-order valence-electron chi connectivity index (χ0n) is 14.4. The fourth-order valence-electron chi connectivity index (χ4n) is 2.87. The summed E-state index contributed by atoms with van der Waals surface area (Å²) in [5.41, 5.74) is 0.860. The lowest BCUT2D eigenvalue weighted by atomic mass is 10.1. The number of anilines is 1. The van der Waals surface area contributed by atoms with Crippen LogP contribution < -0.4 is 5.32 Å². The molecule has 2 rings (SSSR count). The first kappa shape index (κ1) is 18.6. The summed E-state index contributed by atoms with van der Waals surface area (Å²) in [6.07, 6.45) is 3.42. The smallest absolute Gasteiger partial charge is 0.341 e. The first-order valence-electron chi connectivity index (χ1n) is 8.27. The van der Waals surface area contributed by atoms with Gasteiger partial charge in [0.1, 0.15) is 5.00 Å².